The maximum absolute atomic E-state index is 9.60. The summed E-state index contributed by atoms with van der Waals surface area (Å²) >= 11 is 0. The summed E-state index contributed by atoms with van der Waals surface area (Å²) in [5.41, 5.74) is 0.833. The van der Waals surface area contributed by atoms with Crippen molar-refractivity contribution in [3.05, 3.63) is 29.8 Å². The molecular formula is C12H16O3. The minimum Gasteiger partial charge on any atom is -0.488 e. The summed E-state index contributed by atoms with van der Waals surface area (Å²) in [4.78, 5) is 0. The third kappa shape index (κ3) is 2.49. The lowest BCUT2D eigenvalue weighted by Crippen LogP contribution is -2.25. The largest absolute Gasteiger partial charge is 0.488 e. The summed E-state index contributed by atoms with van der Waals surface area (Å²) < 4.78 is 5.67. The first-order chi connectivity index (χ1) is 7.29. The van der Waals surface area contributed by atoms with Crippen molar-refractivity contribution in [3.63, 3.8) is 0 Å². The zero-order valence-electron chi connectivity index (χ0n) is 8.60. The Morgan fingerprint density at radius 1 is 1.33 bits per heavy atom. The van der Waals surface area contributed by atoms with Crippen LogP contribution in [0.15, 0.2) is 24.3 Å². The standard InChI is InChI=1S/C12H16O3/c13-8-9-3-1-4-10(7-9)15-12-6-2-5-11(12)14/h1,3-4,7,11-14H,2,5-6,8H2. The predicted octanol–water partition coefficient (Wildman–Crippen LogP) is 1.47. The topological polar surface area (TPSA) is 49.7 Å². The van der Waals surface area contributed by atoms with E-state index < -0.39 is 0 Å². The molecule has 1 aromatic rings. The highest BCUT2D eigenvalue weighted by atomic mass is 16.5. The van der Waals surface area contributed by atoms with Crippen LogP contribution in [0.25, 0.3) is 0 Å². The van der Waals surface area contributed by atoms with Gasteiger partial charge in [0.15, 0.2) is 0 Å². The molecule has 82 valence electrons. The smallest absolute Gasteiger partial charge is 0.124 e. The molecule has 0 saturated heterocycles. The molecule has 2 atom stereocenters. The van der Waals surface area contributed by atoms with E-state index in [0.29, 0.717) is 0 Å². The second kappa shape index (κ2) is 4.64. The Balaban J connectivity index is 2.03. The molecule has 0 aromatic heterocycles. The molecule has 0 spiro atoms. The van der Waals surface area contributed by atoms with Crippen LogP contribution in [-0.2, 0) is 6.61 Å². The van der Waals surface area contributed by atoms with Gasteiger partial charge in [-0.25, -0.2) is 0 Å². The van der Waals surface area contributed by atoms with Gasteiger partial charge >= 0.3 is 0 Å². The Hall–Kier alpha value is -1.06. The van der Waals surface area contributed by atoms with Crippen molar-refractivity contribution < 1.29 is 14.9 Å². The lowest BCUT2D eigenvalue weighted by atomic mass is 10.2. The average molecular weight is 208 g/mol. The van der Waals surface area contributed by atoms with Crippen molar-refractivity contribution >= 4 is 0 Å². The van der Waals surface area contributed by atoms with E-state index in [1.165, 1.54) is 0 Å². The zero-order chi connectivity index (χ0) is 10.7. The molecular weight excluding hydrogens is 192 g/mol. The van der Waals surface area contributed by atoms with Crippen LogP contribution in [0.4, 0.5) is 0 Å². The fourth-order valence-electron chi connectivity index (χ4n) is 1.94. The van der Waals surface area contributed by atoms with E-state index in [-0.39, 0.29) is 18.8 Å². The second-order valence-corrected chi connectivity index (χ2v) is 3.96. The van der Waals surface area contributed by atoms with Crippen LogP contribution >= 0.6 is 0 Å². The van der Waals surface area contributed by atoms with Crippen molar-refractivity contribution in [3.8, 4) is 5.75 Å². The van der Waals surface area contributed by atoms with Crippen LogP contribution in [-0.4, -0.2) is 22.4 Å². The summed E-state index contributed by atoms with van der Waals surface area (Å²) in [5, 5.41) is 18.6. The molecule has 1 aliphatic rings. The van der Waals surface area contributed by atoms with Gasteiger partial charge in [0.05, 0.1) is 12.7 Å². The van der Waals surface area contributed by atoms with Gasteiger partial charge in [0.25, 0.3) is 0 Å². The molecule has 3 heteroatoms. The van der Waals surface area contributed by atoms with Crippen molar-refractivity contribution in [2.45, 2.75) is 38.1 Å². The first-order valence-electron chi connectivity index (χ1n) is 5.34. The molecule has 2 N–H and O–H groups in total. The van der Waals surface area contributed by atoms with E-state index in [0.717, 1.165) is 30.6 Å². The summed E-state index contributed by atoms with van der Waals surface area (Å²) in [6.45, 7) is 0.0183. The van der Waals surface area contributed by atoms with Crippen molar-refractivity contribution in [1.29, 1.82) is 0 Å². The normalized spacial score (nSPS) is 25.5. The van der Waals surface area contributed by atoms with Crippen molar-refractivity contribution in [2.24, 2.45) is 0 Å². The summed E-state index contributed by atoms with van der Waals surface area (Å²) in [5.74, 6) is 0.729. The molecule has 3 nitrogen and oxygen atoms in total. The number of aliphatic hydroxyl groups excluding tert-OH is 2. The highest BCUT2D eigenvalue weighted by Crippen LogP contribution is 2.25. The maximum Gasteiger partial charge on any atom is 0.124 e. The first-order valence-corrected chi connectivity index (χ1v) is 5.34. The molecule has 2 rings (SSSR count). The van der Waals surface area contributed by atoms with Gasteiger partial charge in [-0.15, -0.1) is 0 Å². The molecule has 2 unspecified atom stereocenters. The Labute approximate surface area is 89.3 Å². The van der Waals surface area contributed by atoms with Crippen LogP contribution in [0.1, 0.15) is 24.8 Å². The second-order valence-electron chi connectivity index (χ2n) is 3.96. The molecule has 0 heterocycles. The van der Waals surface area contributed by atoms with Crippen LogP contribution in [0, 0.1) is 0 Å². The van der Waals surface area contributed by atoms with E-state index in [1.54, 1.807) is 0 Å². The monoisotopic (exact) mass is 208 g/mol. The van der Waals surface area contributed by atoms with E-state index >= 15 is 0 Å². The fraction of sp³-hybridized carbons (Fsp3) is 0.500. The van der Waals surface area contributed by atoms with Crippen LogP contribution in [0.2, 0.25) is 0 Å². The molecule has 1 aliphatic carbocycles. The van der Waals surface area contributed by atoms with Gasteiger partial charge in [-0.2, -0.15) is 0 Å². The number of rotatable bonds is 3. The maximum atomic E-state index is 9.60. The van der Waals surface area contributed by atoms with E-state index in [2.05, 4.69) is 0 Å². The lowest BCUT2D eigenvalue weighted by molar-refractivity contribution is 0.0603. The van der Waals surface area contributed by atoms with Gasteiger partial charge < -0.3 is 14.9 Å². The quantitative estimate of drug-likeness (QED) is 0.790. The number of ether oxygens (including phenoxy) is 1. The van der Waals surface area contributed by atoms with Gasteiger partial charge in [-0.05, 0) is 37.0 Å². The molecule has 0 aliphatic heterocycles. The molecule has 0 amide bonds. The van der Waals surface area contributed by atoms with E-state index in [1.807, 2.05) is 24.3 Å². The third-order valence-electron chi connectivity index (χ3n) is 2.79. The van der Waals surface area contributed by atoms with Gasteiger partial charge in [0, 0.05) is 0 Å². The van der Waals surface area contributed by atoms with Gasteiger partial charge in [0.1, 0.15) is 11.9 Å². The van der Waals surface area contributed by atoms with Crippen LogP contribution in [0.5, 0.6) is 5.75 Å². The molecule has 0 bridgehead atoms. The lowest BCUT2D eigenvalue weighted by Gasteiger charge is -2.17. The molecule has 0 radical (unpaired) electrons. The van der Waals surface area contributed by atoms with Gasteiger partial charge in [-0.1, -0.05) is 12.1 Å². The first kappa shape index (κ1) is 10.5. The van der Waals surface area contributed by atoms with Crippen molar-refractivity contribution in [1.82, 2.24) is 0 Å². The Kier molecular flexibility index (Phi) is 3.23. The molecule has 1 aromatic carbocycles. The van der Waals surface area contributed by atoms with Gasteiger partial charge in [0.2, 0.25) is 0 Å². The van der Waals surface area contributed by atoms with Crippen LogP contribution in [0.3, 0.4) is 0 Å². The Morgan fingerprint density at radius 2 is 2.20 bits per heavy atom. The third-order valence-corrected chi connectivity index (χ3v) is 2.79. The Morgan fingerprint density at radius 3 is 2.87 bits per heavy atom. The summed E-state index contributed by atoms with van der Waals surface area (Å²) in [6, 6.07) is 7.36. The molecule has 1 fully saturated rings. The highest BCUT2D eigenvalue weighted by molar-refractivity contribution is 5.28. The Bertz CT molecular complexity index is 324. The summed E-state index contributed by atoms with van der Waals surface area (Å²) in [7, 11) is 0. The van der Waals surface area contributed by atoms with Gasteiger partial charge in [-0.3, -0.25) is 0 Å². The minimum atomic E-state index is -0.345. The SMILES string of the molecule is OCc1cccc(OC2CCCC2O)c1. The van der Waals surface area contributed by atoms with E-state index in [4.69, 9.17) is 9.84 Å². The zero-order valence-corrected chi connectivity index (χ0v) is 8.60. The molecule has 1 saturated carbocycles. The van der Waals surface area contributed by atoms with E-state index in [9.17, 15) is 5.11 Å². The average Bonchev–Trinajstić information content (AvgIpc) is 2.65. The highest BCUT2D eigenvalue weighted by Gasteiger charge is 2.26. The summed E-state index contributed by atoms with van der Waals surface area (Å²) in [6.07, 6.45) is 2.32. The molecule has 15 heavy (non-hydrogen) atoms. The van der Waals surface area contributed by atoms with Crippen LogP contribution < -0.4 is 4.74 Å². The predicted molar refractivity (Wildman–Crippen MR) is 56.6 cm³/mol. The fourth-order valence-corrected chi connectivity index (χ4v) is 1.94. The minimum absolute atomic E-state index is 0.0183. The van der Waals surface area contributed by atoms with Crippen molar-refractivity contribution in [2.75, 3.05) is 0 Å². The number of benzene rings is 1. The number of aliphatic hydroxyl groups is 2. The number of hydrogen-bond donors (Lipinski definition) is 2. The number of hydrogen-bond acceptors (Lipinski definition) is 3.